The standard InChI is InChI=1S/C21H23N5O/c27-21-16(14-6-9-22-10-7-14)13-18-20(25-12-11-24-18)26(21)19-5-1-4-17-15(19)3-2-8-23-17/h2-3,8,11-14,19,22H,1,4-7,9-10H2. The maximum atomic E-state index is 13.6. The second-order valence-electron chi connectivity index (χ2n) is 7.51. The lowest BCUT2D eigenvalue weighted by Crippen LogP contribution is -2.35. The summed E-state index contributed by atoms with van der Waals surface area (Å²) in [6, 6.07) is 6.03. The van der Waals surface area contributed by atoms with E-state index < -0.39 is 0 Å². The van der Waals surface area contributed by atoms with E-state index in [0.717, 1.165) is 67.5 Å². The predicted molar refractivity (Wildman–Crippen MR) is 104 cm³/mol. The first-order valence-corrected chi connectivity index (χ1v) is 9.83. The summed E-state index contributed by atoms with van der Waals surface area (Å²) < 4.78 is 1.90. The number of hydrogen-bond acceptors (Lipinski definition) is 5. The molecule has 4 heterocycles. The summed E-state index contributed by atoms with van der Waals surface area (Å²) in [4.78, 5) is 27.3. The highest BCUT2D eigenvalue weighted by Gasteiger charge is 2.28. The SMILES string of the molecule is O=c1c(C2CCNCC2)cc2nccnc2n1C1CCCc2ncccc21. The Labute approximate surface area is 157 Å². The van der Waals surface area contributed by atoms with E-state index in [-0.39, 0.29) is 17.5 Å². The minimum atomic E-state index is -0.0178. The summed E-state index contributed by atoms with van der Waals surface area (Å²) in [5.41, 5.74) is 4.73. The Bertz CT molecular complexity index is 1040. The summed E-state index contributed by atoms with van der Waals surface area (Å²) in [7, 11) is 0. The number of pyridine rings is 2. The van der Waals surface area contributed by atoms with Gasteiger partial charge in [-0.15, -0.1) is 0 Å². The molecule has 1 fully saturated rings. The Hall–Kier alpha value is -2.60. The van der Waals surface area contributed by atoms with Gasteiger partial charge in [-0.2, -0.15) is 0 Å². The van der Waals surface area contributed by atoms with Crippen LogP contribution in [-0.2, 0) is 6.42 Å². The Morgan fingerprint density at radius 1 is 1.00 bits per heavy atom. The average molecular weight is 361 g/mol. The van der Waals surface area contributed by atoms with Crippen LogP contribution < -0.4 is 10.9 Å². The predicted octanol–water partition coefficient (Wildman–Crippen LogP) is 2.58. The lowest BCUT2D eigenvalue weighted by molar-refractivity contribution is 0.445. The molecule has 0 spiro atoms. The molecule has 6 heteroatoms. The van der Waals surface area contributed by atoms with Gasteiger partial charge in [0.05, 0.1) is 6.04 Å². The molecule has 27 heavy (non-hydrogen) atoms. The van der Waals surface area contributed by atoms with Crippen LogP contribution in [0.15, 0.2) is 41.6 Å². The Balaban J connectivity index is 1.74. The average Bonchev–Trinajstić information content (AvgIpc) is 2.74. The maximum absolute atomic E-state index is 13.6. The number of nitrogens with zero attached hydrogens (tertiary/aromatic N) is 4. The highest BCUT2D eigenvalue weighted by Crippen LogP contribution is 2.33. The molecule has 1 aliphatic carbocycles. The van der Waals surface area contributed by atoms with Gasteiger partial charge in [-0.05, 0) is 68.8 Å². The molecule has 1 aliphatic heterocycles. The lowest BCUT2D eigenvalue weighted by atomic mass is 9.88. The third-order valence-corrected chi connectivity index (χ3v) is 5.96. The van der Waals surface area contributed by atoms with Gasteiger partial charge in [0.15, 0.2) is 5.65 Å². The topological polar surface area (TPSA) is 72.7 Å². The highest BCUT2D eigenvalue weighted by molar-refractivity contribution is 5.71. The van der Waals surface area contributed by atoms with Crippen LogP contribution >= 0.6 is 0 Å². The van der Waals surface area contributed by atoms with Crippen molar-refractivity contribution >= 4 is 11.2 Å². The van der Waals surface area contributed by atoms with Crippen molar-refractivity contribution in [3.8, 4) is 0 Å². The largest absolute Gasteiger partial charge is 0.317 e. The molecule has 0 bridgehead atoms. The summed E-state index contributed by atoms with van der Waals surface area (Å²) in [5, 5.41) is 3.39. The van der Waals surface area contributed by atoms with E-state index >= 15 is 0 Å². The first-order valence-electron chi connectivity index (χ1n) is 9.83. The van der Waals surface area contributed by atoms with Crippen LogP contribution in [0.3, 0.4) is 0 Å². The van der Waals surface area contributed by atoms with Gasteiger partial charge in [-0.1, -0.05) is 6.07 Å². The molecule has 138 valence electrons. The van der Waals surface area contributed by atoms with Gasteiger partial charge in [0, 0.05) is 29.8 Å². The molecule has 1 N–H and O–H groups in total. The van der Waals surface area contributed by atoms with Crippen LogP contribution in [0.5, 0.6) is 0 Å². The van der Waals surface area contributed by atoms with E-state index in [1.54, 1.807) is 12.4 Å². The van der Waals surface area contributed by atoms with Gasteiger partial charge in [0.25, 0.3) is 5.56 Å². The van der Waals surface area contributed by atoms with Crippen molar-refractivity contribution < 1.29 is 0 Å². The Morgan fingerprint density at radius 3 is 2.74 bits per heavy atom. The highest BCUT2D eigenvalue weighted by atomic mass is 16.1. The Morgan fingerprint density at radius 2 is 1.85 bits per heavy atom. The fourth-order valence-corrected chi connectivity index (χ4v) is 4.64. The number of aromatic nitrogens is 4. The smallest absolute Gasteiger partial charge is 0.256 e. The number of piperidine rings is 1. The minimum absolute atomic E-state index is 0.0178. The first-order chi connectivity index (χ1) is 13.3. The van der Waals surface area contributed by atoms with Gasteiger partial charge < -0.3 is 5.32 Å². The van der Waals surface area contributed by atoms with Crippen molar-refractivity contribution in [2.75, 3.05) is 13.1 Å². The Kier molecular flexibility index (Phi) is 4.20. The van der Waals surface area contributed by atoms with Gasteiger partial charge in [-0.25, -0.2) is 4.98 Å². The number of aryl methyl sites for hydroxylation is 1. The van der Waals surface area contributed by atoms with E-state index in [0.29, 0.717) is 5.65 Å². The van der Waals surface area contributed by atoms with Crippen LogP contribution in [0.4, 0.5) is 0 Å². The number of nitrogens with one attached hydrogen (secondary N) is 1. The second kappa shape index (κ2) is 6.85. The third-order valence-electron chi connectivity index (χ3n) is 5.96. The molecular weight excluding hydrogens is 338 g/mol. The van der Waals surface area contributed by atoms with Crippen LogP contribution in [0.2, 0.25) is 0 Å². The van der Waals surface area contributed by atoms with Crippen LogP contribution in [0.25, 0.3) is 11.2 Å². The van der Waals surface area contributed by atoms with E-state index in [2.05, 4.69) is 26.3 Å². The van der Waals surface area contributed by atoms with Gasteiger partial charge in [-0.3, -0.25) is 19.3 Å². The minimum Gasteiger partial charge on any atom is -0.317 e. The fourth-order valence-electron chi connectivity index (χ4n) is 4.64. The van der Waals surface area contributed by atoms with Crippen molar-refractivity contribution in [2.45, 2.75) is 44.1 Å². The zero-order chi connectivity index (χ0) is 18.2. The molecule has 3 aromatic rings. The summed E-state index contributed by atoms with van der Waals surface area (Å²) >= 11 is 0. The third kappa shape index (κ3) is 2.84. The zero-order valence-corrected chi connectivity index (χ0v) is 15.3. The molecule has 5 rings (SSSR count). The quantitative estimate of drug-likeness (QED) is 0.759. The van der Waals surface area contributed by atoms with E-state index in [9.17, 15) is 4.79 Å². The fraction of sp³-hybridized carbons (Fsp3) is 0.429. The molecule has 1 unspecified atom stereocenters. The molecule has 2 aliphatic rings. The number of fused-ring (bicyclic) bond motifs is 2. The molecular formula is C21H23N5O. The van der Waals surface area contributed by atoms with E-state index in [4.69, 9.17) is 0 Å². The summed E-state index contributed by atoms with van der Waals surface area (Å²) in [6.45, 7) is 1.91. The molecule has 6 nitrogen and oxygen atoms in total. The van der Waals surface area contributed by atoms with Crippen molar-refractivity contribution in [1.29, 1.82) is 0 Å². The molecule has 3 aromatic heterocycles. The van der Waals surface area contributed by atoms with Crippen molar-refractivity contribution in [3.63, 3.8) is 0 Å². The normalized spacial score (nSPS) is 20.5. The van der Waals surface area contributed by atoms with Crippen LogP contribution in [-0.4, -0.2) is 32.6 Å². The van der Waals surface area contributed by atoms with Crippen LogP contribution in [0, 0.1) is 0 Å². The summed E-state index contributed by atoms with van der Waals surface area (Å²) in [6.07, 6.45) is 10.1. The van der Waals surface area contributed by atoms with Crippen molar-refractivity contribution in [2.24, 2.45) is 0 Å². The molecule has 0 radical (unpaired) electrons. The molecule has 1 atom stereocenters. The van der Waals surface area contributed by atoms with Crippen molar-refractivity contribution in [1.82, 2.24) is 24.8 Å². The second-order valence-corrected chi connectivity index (χ2v) is 7.51. The first kappa shape index (κ1) is 16.6. The van der Waals surface area contributed by atoms with Crippen LogP contribution in [0.1, 0.15) is 54.5 Å². The molecule has 1 saturated heterocycles. The van der Waals surface area contributed by atoms with Gasteiger partial charge in [0.1, 0.15) is 5.52 Å². The monoisotopic (exact) mass is 361 g/mol. The van der Waals surface area contributed by atoms with E-state index in [1.807, 2.05) is 22.9 Å². The molecule has 0 saturated carbocycles. The molecule has 0 aromatic carbocycles. The number of hydrogen-bond donors (Lipinski definition) is 1. The van der Waals surface area contributed by atoms with Crippen molar-refractivity contribution in [3.05, 3.63) is 64.0 Å². The summed E-state index contributed by atoms with van der Waals surface area (Å²) in [5.74, 6) is 0.286. The van der Waals surface area contributed by atoms with E-state index in [1.165, 1.54) is 0 Å². The zero-order valence-electron chi connectivity index (χ0n) is 15.3. The molecule has 0 amide bonds. The number of rotatable bonds is 2. The van der Waals surface area contributed by atoms with Gasteiger partial charge in [0.2, 0.25) is 0 Å². The lowest BCUT2D eigenvalue weighted by Gasteiger charge is -2.29. The van der Waals surface area contributed by atoms with Gasteiger partial charge >= 0.3 is 0 Å². The maximum Gasteiger partial charge on any atom is 0.256 e.